The van der Waals surface area contributed by atoms with Gasteiger partial charge in [0.1, 0.15) is 27.4 Å². The number of anilines is 1. The molecule has 8 heteroatoms. The zero-order valence-electron chi connectivity index (χ0n) is 13.5. The van der Waals surface area contributed by atoms with E-state index in [-0.39, 0.29) is 18.4 Å². The summed E-state index contributed by atoms with van der Waals surface area (Å²) in [5.41, 5.74) is 1.54. The highest BCUT2D eigenvalue weighted by atomic mass is 32.2. The number of carbonyl (C=O) groups is 1. The predicted molar refractivity (Wildman–Crippen MR) is 88.1 cm³/mol. The van der Waals surface area contributed by atoms with Crippen molar-refractivity contribution in [1.82, 2.24) is 5.32 Å². The molecule has 0 saturated heterocycles. The summed E-state index contributed by atoms with van der Waals surface area (Å²) >= 11 is 0. The van der Waals surface area contributed by atoms with Crippen LogP contribution in [0.5, 0.6) is 11.5 Å². The van der Waals surface area contributed by atoms with Crippen molar-refractivity contribution in [2.45, 2.75) is 26.4 Å². The van der Waals surface area contributed by atoms with Crippen molar-refractivity contribution in [3.63, 3.8) is 0 Å². The van der Waals surface area contributed by atoms with Gasteiger partial charge in [-0.2, -0.15) is 0 Å². The lowest BCUT2D eigenvalue weighted by atomic mass is 10.1. The Balaban J connectivity index is 2.06. The van der Waals surface area contributed by atoms with Gasteiger partial charge in [0.15, 0.2) is 0 Å². The summed E-state index contributed by atoms with van der Waals surface area (Å²) in [6.45, 7) is 4.36. The number of hydrogen-bond acceptors (Lipinski definition) is 5. The second-order valence-corrected chi connectivity index (χ2v) is 7.79. The monoisotopic (exact) mass is 342 g/mol. The third-order valence-electron chi connectivity index (χ3n) is 3.30. The number of nitrogens with one attached hydrogen (secondary N) is 2. The zero-order valence-corrected chi connectivity index (χ0v) is 14.3. The van der Waals surface area contributed by atoms with Crippen LogP contribution >= 0.6 is 0 Å². The molecule has 0 aliphatic carbocycles. The maximum atomic E-state index is 11.9. The number of sulfone groups is 1. The number of benzene rings is 1. The molecule has 1 aromatic carbocycles. The van der Waals surface area contributed by atoms with E-state index in [1.54, 1.807) is 6.07 Å². The summed E-state index contributed by atoms with van der Waals surface area (Å²) in [6.07, 6.45) is 2.02. The van der Waals surface area contributed by atoms with Crippen LogP contribution in [0.25, 0.3) is 0 Å². The molecule has 0 radical (unpaired) electrons. The van der Waals surface area contributed by atoms with Gasteiger partial charge >= 0.3 is 6.03 Å². The molecule has 1 aromatic rings. The molecule has 2 amide bonds. The topological polar surface area (TPSA) is 93.7 Å². The molecule has 0 bridgehead atoms. The Morgan fingerprint density at radius 3 is 2.83 bits per heavy atom. The van der Waals surface area contributed by atoms with E-state index in [0.717, 1.165) is 24.0 Å². The number of amides is 2. The van der Waals surface area contributed by atoms with Crippen LogP contribution in [0.2, 0.25) is 0 Å². The van der Waals surface area contributed by atoms with Gasteiger partial charge in [-0.15, -0.1) is 0 Å². The highest BCUT2D eigenvalue weighted by molar-refractivity contribution is 7.90. The van der Waals surface area contributed by atoms with Gasteiger partial charge in [-0.05, 0) is 19.9 Å². The lowest BCUT2D eigenvalue weighted by Crippen LogP contribution is -2.32. The van der Waals surface area contributed by atoms with E-state index in [1.165, 1.54) is 0 Å². The Morgan fingerprint density at radius 1 is 1.43 bits per heavy atom. The molecule has 128 valence electrons. The van der Waals surface area contributed by atoms with Gasteiger partial charge in [0.05, 0.1) is 18.0 Å². The average molecular weight is 342 g/mol. The Labute approximate surface area is 136 Å². The second-order valence-electron chi connectivity index (χ2n) is 5.53. The van der Waals surface area contributed by atoms with Crippen LogP contribution in [0, 0.1) is 0 Å². The van der Waals surface area contributed by atoms with Crippen LogP contribution in [0.1, 0.15) is 19.4 Å². The van der Waals surface area contributed by atoms with Crippen LogP contribution in [-0.4, -0.2) is 45.7 Å². The van der Waals surface area contributed by atoms with E-state index >= 15 is 0 Å². The third kappa shape index (κ3) is 5.02. The van der Waals surface area contributed by atoms with Crippen LogP contribution in [0.4, 0.5) is 10.5 Å². The van der Waals surface area contributed by atoms with Gasteiger partial charge in [0.25, 0.3) is 0 Å². The number of carbonyl (C=O) groups excluding carboxylic acids is 1. The quantitative estimate of drug-likeness (QED) is 0.818. The average Bonchev–Trinajstić information content (AvgIpc) is 2.77. The first-order chi connectivity index (χ1) is 10.8. The summed E-state index contributed by atoms with van der Waals surface area (Å²) in [5, 5.41) is 5.18. The van der Waals surface area contributed by atoms with Gasteiger partial charge < -0.3 is 20.1 Å². The second kappa shape index (κ2) is 7.08. The highest BCUT2D eigenvalue weighted by Gasteiger charge is 2.22. The molecule has 0 spiro atoms. The van der Waals surface area contributed by atoms with E-state index in [2.05, 4.69) is 10.6 Å². The molecule has 0 aromatic heterocycles. The fourth-order valence-electron chi connectivity index (χ4n) is 2.33. The van der Waals surface area contributed by atoms with Gasteiger partial charge in [-0.3, -0.25) is 0 Å². The maximum Gasteiger partial charge on any atom is 0.319 e. The third-order valence-corrected chi connectivity index (χ3v) is 4.25. The van der Waals surface area contributed by atoms with Gasteiger partial charge in [-0.1, -0.05) is 0 Å². The van der Waals surface area contributed by atoms with E-state index < -0.39 is 15.9 Å². The minimum Gasteiger partial charge on any atom is -0.492 e. The number of hydrogen-bond donors (Lipinski definition) is 2. The van der Waals surface area contributed by atoms with Crippen LogP contribution in [-0.2, 0) is 16.3 Å². The summed E-state index contributed by atoms with van der Waals surface area (Å²) in [6, 6.07) is 3.12. The van der Waals surface area contributed by atoms with Crippen molar-refractivity contribution in [3.05, 3.63) is 17.7 Å². The fourth-order valence-corrected chi connectivity index (χ4v) is 2.80. The SMILES string of the molecule is CCOc1cc2c(cc1NC(=O)NCCS(C)(=O)=O)O[C@H](C)C2. The minimum atomic E-state index is -3.11. The standard InChI is InChI=1S/C15H22N2O5S/c1-4-21-14-8-11-7-10(2)22-13(11)9-12(14)17-15(18)16-5-6-23(3,19)20/h8-10H,4-7H2,1-3H3,(H2,16,17,18)/t10-/m1/s1. The molecule has 1 atom stereocenters. The first kappa shape index (κ1) is 17.4. The molecular formula is C15H22N2O5S. The van der Waals surface area contributed by atoms with Crippen LogP contribution < -0.4 is 20.1 Å². The Bertz CT molecular complexity index is 687. The summed E-state index contributed by atoms with van der Waals surface area (Å²) in [5.74, 6) is 1.19. The maximum absolute atomic E-state index is 11.9. The number of fused-ring (bicyclic) bond motifs is 1. The lowest BCUT2D eigenvalue weighted by molar-refractivity contribution is 0.252. The summed E-state index contributed by atoms with van der Waals surface area (Å²) < 4.78 is 33.4. The molecular weight excluding hydrogens is 320 g/mol. The first-order valence-corrected chi connectivity index (χ1v) is 9.53. The Hall–Kier alpha value is -1.96. The lowest BCUT2D eigenvalue weighted by Gasteiger charge is -2.14. The molecule has 0 fully saturated rings. The number of urea groups is 1. The molecule has 1 aliphatic rings. The zero-order chi connectivity index (χ0) is 17.0. The Kier molecular flexibility index (Phi) is 5.35. The van der Waals surface area contributed by atoms with Gasteiger partial charge in [0.2, 0.25) is 0 Å². The molecule has 7 nitrogen and oxygen atoms in total. The van der Waals surface area contributed by atoms with Gasteiger partial charge in [0, 0.05) is 30.9 Å². The smallest absolute Gasteiger partial charge is 0.319 e. The molecule has 1 heterocycles. The van der Waals surface area contributed by atoms with Crippen molar-refractivity contribution in [2.24, 2.45) is 0 Å². The predicted octanol–water partition coefficient (Wildman–Crippen LogP) is 1.57. The normalized spacial score (nSPS) is 16.4. The van der Waals surface area contributed by atoms with Crippen LogP contribution in [0.3, 0.4) is 0 Å². The minimum absolute atomic E-state index is 0.0487. The molecule has 0 saturated carbocycles. The largest absolute Gasteiger partial charge is 0.492 e. The van der Waals surface area contributed by atoms with Crippen molar-refractivity contribution in [3.8, 4) is 11.5 Å². The van der Waals surface area contributed by atoms with E-state index in [1.807, 2.05) is 19.9 Å². The van der Waals surface area contributed by atoms with Crippen LogP contribution in [0.15, 0.2) is 12.1 Å². The number of ether oxygens (including phenoxy) is 2. The molecule has 0 unspecified atom stereocenters. The highest BCUT2D eigenvalue weighted by Crippen LogP contribution is 2.37. The van der Waals surface area contributed by atoms with Crippen molar-refractivity contribution < 1.29 is 22.7 Å². The van der Waals surface area contributed by atoms with Gasteiger partial charge in [-0.25, -0.2) is 13.2 Å². The van der Waals surface area contributed by atoms with E-state index in [4.69, 9.17) is 9.47 Å². The summed E-state index contributed by atoms with van der Waals surface area (Å²) in [7, 11) is -3.11. The molecule has 1 aliphatic heterocycles. The first-order valence-electron chi connectivity index (χ1n) is 7.47. The van der Waals surface area contributed by atoms with Crippen molar-refractivity contribution in [2.75, 3.05) is 30.5 Å². The Morgan fingerprint density at radius 2 is 2.17 bits per heavy atom. The fraction of sp³-hybridized carbons (Fsp3) is 0.533. The van der Waals surface area contributed by atoms with Crippen molar-refractivity contribution in [1.29, 1.82) is 0 Å². The van der Waals surface area contributed by atoms with E-state index in [9.17, 15) is 13.2 Å². The molecule has 23 heavy (non-hydrogen) atoms. The van der Waals surface area contributed by atoms with E-state index in [0.29, 0.717) is 18.0 Å². The molecule has 2 rings (SSSR count). The summed E-state index contributed by atoms with van der Waals surface area (Å²) in [4.78, 5) is 11.9. The van der Waals surface area contributed by atoms with Crippen molar-refractivity contribution >= 4 is 21.6 Å². The number of rotatable bonds is 6. The molecule has 2 N–H and O–H groups in total.